The molecule has 1 saturated heterocycles. The van der Waals surface area contributed by atoms with E-state index in [9.17, 15) is 0 Å². The van der Waals surface area contributed by atoms with Crippen molar-refractivity contribution in [2.24, 2.45) is 4.99 Å². The van der Waals surface area contributed by atoms with E-state index >= 15 is 0 Å². The molecule has 22 heavy (non-hydrogen) atoms. The Morgan fingerprint density at radius 3 is 2.55 bits per heavy atom. The Bertz CT molecular complexity index is 693. The molecule has 3 nitrogen and oxygen atoms in total. The second kappa shape index (κ2) is 5.58. The number of benzene rings is 2. The molecule has 1 fully saturated rings. The number of aliphatic imine (C=N–C) groups is 1. The molecule has 0 unspecified atom stereocenters. The van der Waals surface area contributed by atoms with Crippen LogP contribution in [0.1, 0.15) is 30.9 Å². The zero-order valence-corrected chi connectivity index (χ0v) is 12.9. The third-order valence-corrected chi connectivity index (χ3v) is 4.64. The molecular weight excluding hydrogens is 270 g/mol. The number of hydrazine groups is 1. The first-order chi connectivity index (χ1) is 10.8. The number of hydrogen-bond donors (Lipinski definition) is 0. The highest BCUT2D eigenvalue weighted by atomic mass is 15.7. The summed E-state index contributed by atoms with van der Waals surface area (Å²) >= 11 is 0. The monoisotopic (exact) mass is 291 g/mol. The van der Waals surface area contributed by atoms with E-state index in [1.807, 2.05) is 0 Å². The zero-order valence-electron chi connectivity index (χ0n) is 12.9. The third kappa shape index (κ3) is 2.32. The van der Waals surface area contributed by atoms with Crippen molar-refractivity contribution < 1.29 is 0 Å². The SMILES string of the molecule is C[C@H]1CCCN1N1Cc2ccccc2N=C1c1ccccc1. The van der Waals surface area contributed by atoms with Crippen LogP contribution in [0.4, 0.5) is 5.69 Å². The van der Waals surface area contributed by atoms with Gasteiger partial charge in [0.05, 0.1) is 12.2 Å². The molecule has 2 aromatic carbocycles. The van der Waals surface area contributed by atoms with Gasteiger partial charge in [0.2, 0.25) is 0 Å². The molecule has 0 N–H and O–H groups in total. The molecule has 1 atom stereocenters. The second-order valence-electron chi connectivity index (χ2n) is 6.14. The zero-order chi connectivity index (χ0) is 14.9. The summed E-state index contributed by atoms with van der Waals surface area (Å²) in [4.78, 5) is 4.98. The predicted octanol–water partition coefficient (Wildman–Crippen LogP) is 3.98. The predicted molar refractivity (Wildman–Crippen MR) is 90.0 cm³/mol. The minimum Gasteiger partial charge on any atom is -0.284 e. The van der Waals surface area contributed by atoms with Gasteiger partial charge in [-0.15, -0.1) is 0 Å². The summed E-state index contributed by atoms with van der Waals surface area (Å²) in [6.07, 6.45) is 2.53. The largest absolute Gasteiger partial charge is 0.284 e. The minimum absolute atomic E-state index is 0.583. The molecule has 0 spiro atoms. The number of amidine groups is 1. The molecule has 2 aliphatic rings. The Kier molecular flexibility index (Phi) is 3.43. The first-order valence-corrected chi connectivity index (χ1v) is 8.09. The van der Waals surface area contributed by atoms with Gasteiger partial charge in [-0.25, -0.2) is 10.0 Å². The van der Waals surface area contributed by atoms with Gasteiger partial charge < -0.3 is 0 Å². The number of para-hydroxylation sites is 1. The van der Waals surface area contributed by atoms with Gasteiger partial charge in [-0.3, -0.25) is 5.01 Å². The van der Waals surface area contributed by atoms with E-state index in [0.717, 1.165) is 24.6 Å². The Hall–Kier alpha value is -2.13. The summed E-state index contributed by atoms with van der Waals surface area (Å²) in [7, 11) is 0. The number of nitrogens with zero attached hydrogens (tertiary/aromatic N) is 3. The molecule has 112 valence electrons. The maximum atomic E-state index is 4.98. The van der Waals surface area contributed by atoms with Crippen LogP contribution in [0.2, 0.25) is 0 Å². The maximum absolute atomic E-state index is 4.98. The highest BCUT2D eigenvalue weighted by molar-refractivity contribution is 6.01. The third-order valence-electron chi connectivity index (χ3n) is 4.64. The number of hydrogen-bond acceptors (Lipinski definition) is 3. The van der Waals surface area contributed by atoms with E-state index in [2.05, 4.69) is 71.5 Å². The standard InChI is InChI=1S/C19H21N3/c1-15-8-7-13-21(15)22-14-17-11-5-6-12-18(17)20-19(22)16-9-3-2-4-10-16/h2-6,9-12,15H,7-8,13-14H2,1H3/t15-/m0/s1. The van der Waals surface area contributed by atoms with E-state index in [1.165, 1.54) is 24.0 Å². The van der Waals surface area contributed by atoms with Gasteiger partial charge in [0.1, 0.15) is 0 Å². The molecule has 3 heteroatoms. The van der Waals surface area contributed by atoms with Gasteiger partial charge in [0.25, 0.3) is 0 Å². The van der Waals surface area contributed by atoms with Gasteiger partial charge >= 0.3 is 0 Å². The van der Waals surface area contributed by atoms with Gasteiger partial charge in [0.15, 0.2) is 5.84 Å². The summed E-state index contributed by atoms with van der Waals surface area (Å²) in [6.45, 7) is 4.35. The van der Waals surface area contributed by atoms with E-state index < -0.39 is 0 Å². The summed E-state index contributed by atoms with van der Waals surface area (Å²) in [5.74, 6) is 1.08. The second-order valence-corrected chi connectivity index (χ2v) is 6.14. The summed E-state index contributed by atoms with van der Waals surface area (Å²) in [5, 5.41) is 4.87. The topological polar surface area (TPSA) is 18.8 Å². The Morgan fingerprint density at radius 1 is 1.00 bits per heavy atom. The van der Waals surface area contributed by atoms with Crippen molar-refractivity contribution in [1.82, 2.24) is 10.0 Å². The first kappa shape index (κ1) is 13.5. The number of rotatable bonds is 2. The van der Waals surface area contributed by atoms with Gasteiger partial charge in [-0.1, -0.05) is 48.5 Å². The van der Waals surface area contributed by atoms with Gasteiger partial charge in [0, 0.05) is 18.2 Å². The van der Waals surface area contributed by atoms with Crippen molar-refractivity contribution >= 4 is 11.5 Å². The molecule has 0 amide bonds. The highest BCUT2D eigenvalue weighted by Gasteiger charge is 2.31. The van der Waals surface area contributed by atoms with Crippen LogP contribution in [0.3, 0.4) is 0 Å². The van der Waals surface area contributed by atoms with Gasteiger partial charge in [-0.2, -0.15) is 0 Å². The molecule has 0 aromatic heterocycles. The minimum atomic E-state index is 0.583. The number of fused-ring (bicyclic) bond motifs is 1. The molecule has 2 aromatic rings. The molecular formula is C19H21N3. The van der Waals surface area contributed by atoms with E-state index in [4.69, 9.17) is 4.99 Å². The fraction of sp³-hybridized carbons (Fsp3) is 0.316. The summed E-state index contributed by atoms with van der Waals surface area (Å²) in [6, 6.07) is 19.6. The molecule has 2 heterocycles. The van der Waals surface area contributed by atoms with Gasteiger partial charge in [-0.05, 0) is 31.4 Å². The maximum Gasteiger partial charge on any atom is 0.151 e. The van der Waals surface area contributed by atoms with Crippen molar-refractivity contribution in [3.8, 4) is 0 Å². The lowest BCUT2D eigenvalue weighted by Gasteiger charge is -2.39. The summed E-state index contributed by atoms with van der Waals surface area (Å²) < 4.78 is 0. The molecule has 0 saturated carbocycles. The smallest absolute Gasteiger partial charge is 0.151 e. The molecule has 2 aliphatic heterocycles. The van der Waals surface area contributed by atoms with Crippen LogP contribution >= 0.6 is 0 Å². The van der Waals surface area contributed by atoms with Crippen LogP contribution in [-0.2, 0) is 6.54 Å². The Balaban J connectivity index is 1.80. The average Bonchev–Trinajstić information content (AvgIpc) is 3.00. The van der Waals surface area contributed by atoms with E-state index in [0.29, 0.717) is 6.04 Å². The normalized spacial score (nSPS) is 21.6. The van der Waals surface area contributed by atoms with Crippen LogP contribution in [0, 0.1) is 0 Å². The molecule has 0 radical (unpaired) electrons. The summed E-state index contributed by atoms with van der Waals surface area (Å²) in [5.41, 5.74) is 3.60. The average molecular weight is 291 g/mol. The van der Waals surface area contributed by atoms with Crippen LogP contribution in [0.15, 0.2) is 59.6 Å². The highest BCUT2D eigenvalue weighted by Crippen LogP contribution is 2.31. The van der Waals surface area contributed by atoms with Crippen molar-refractivity contribution in [2.75, 3.05) is 6.54 Å². The van der Waals surface area contributed by atoms with E-state index in [1.54, 1.807) is 0 Å². The van der Waals surface area contributed by atoms with Crippen molar-refractivity contribution in [3.05, 3.63) is 65.7 Å². The fourth-order valence-electron chi connectivity index (χ4n) is 3.45. The van der Waals surface area contributed by atoms with Crippen molar-refractivity contribution in [3.63, 3.8) is 0 Å². The van der Waals surface area contributed by atoms with Crippen LogP contribution in [0.25, 0.3) is 0 Å². The van der Waals surface area contributed by atoms with Crippen LogP contribution in [0.5, 0.6) is 0 Å². The Labute approximate surface area is 131 Å². The molecule has 0 aliphatic carbocycles. The fourth-order valence-corrected chi connectivity index (χ4v) is 3.45. The van der Waals surface area contributed by atoms with Crippen LogP contribution in [-0.4, -0.2) is 28.4 Å². The van der Waals surface area contributed by atoms with E-state index in [-0.39, 0.29) is 0 Å². The van der Waals surface area contributed by atoms with Crippen LogP contribution < -0.4 is 0 Å². The van der Waals surface area contributed by atoms with Crippen molar-refractivity contribution in [2.45, 2.75) is 32.4 Å². The first-order valence-electron chi connectivity index (χ1n) is 8.09. The lowest BCUT2D eigenvalue weighted by atomic mass is 10.1. The lowest BCUT2D eigenvalue weighted by molar-refractivity contribution is 0.0297. The quantitative estimate of drug-likeness (QED) is 0.833. The molecule has 4 rings (SSSR count). The van der Waals surface area contributed by atoms with Crippen molar-refractivity contribution in [1.29, 1.82) is 0 Å². The molecule has 0 bridgehead atoms. The Morgan fingerprint density at radius 2 is 1.77 bits per heavy atom. The lowest BCUT2D eigenvalue weighted by Crippen LogP contribution is -2.48.